The van der Waals surface area contributed by atoms with Crippen molar-refractivity contribution in [3.05, 3.63) is 48.0 Å². The quantitative estimate of drug-likeness (QED) is 0.291. The third-order valence-corrected chi connectivity index (χ3v) is 4.54. The highest BCUT2D eigenvalue weighted by molar-refractivity contribution is 14.0. The monoisotopic (exact) mass is 511 g/mol. The highest BCUT2D eigenvalue weighted by atomic mass is 127. The smallest absolute Gasteiger partial charge is 0.195 e. The molecule has 158 valence electrons. The summed E-state index contributed by atoms with van der Waals surface area (Å²) in [5, 5.41) is 6.64. The SMILES string of the molecule is CCOc1cc(NC(=NC)NCc2ccccc2OCC2CC2)ccc1OC.I. The Balaban J connectivity index is 0.00000300. The summed E-state index contributed by atoms with van der Waals surface area (Å²) in [6, 6.07) is 13.8. The van der Waals surface area contributed by atoms with E-state index in [1.165, 1.54) is 12.8 Å². The average molecular weight is 511 g/mol. The number of aliphatic imine (C=N–C) groups is 1. The Labute approximate surface area is 190 Å². The fraction of sp³-hybridized carbons (Fsp3) is 0.409. The second kappa shape index (κ2) is 11.7. The van der Waals surface area contributed by atoms with E-state index in [0.29, 0.717) is 30.6 Å². The summed E-state index contributed by atoms with van der Waals surface area (Å²) in [6.07, 6.45) is 2.56. The molecule has 1 saturated carbocycles. The molecule has 0 saturated heterocycles. The Kier molecular flexibility index (Phi) is 9.37. The van der Waals surface area contributed by atoms with E-state index < -0.39 is 0 Å². The zero-order valence-electron chi connectivity index (χ0n) is 17.2. The van der Waals surface area contributed by atoms with Gasteiger partial charge >= 0.3 is 0 Å². The maximum atomic E-state index is 5.98. The first kappa shape index (κ1) is 23.1. The van der Waals surface area contributed by atoms with Crippen LogP contribution in [0.25, 0.3) is 0 Å². The van der Waals surface area contributed by atoms with Crippen LogP contribution in [0.3, 0.4) is 0 Å². The molecular formula is C22H30IN3O3. The van der Waals surface area contributed by atoms with Gasteiger partial charge in [0.1, 0.15) is 5.75 Å². The van der Waals surface area contributed by atoms with Crippen LogP contribution in [-0.2, 0) is 6.54 Å². The molecule has 2 N–H and O–H groups in total. The lowest BCUT2D eigenvalue weighted by molar-refractivity contribution is 0.296. The molecule has 6 nitrogen and oxygen atoms in total. The minimum atomic E-state index is 0. The van der Waals surface area contributed by atoms with Gasteiger partial charge in [0.25, 0.3) is 0 Å². The first-order valence-electron chi connectivity index (χ1n) is 9.72. The summed E-state index contributed by atoms with van der Waals surface area (Å²) in [6.45, 7) is 3.94. The van der Waals surface area contributed by atoms with Gasteiger partial charge in [0.2, 0.25) is 0 Å². The van der Waals surface area contributed by atoms with Crippen LogP contribution in [-0.4, -0.2) is 33.3 Å². The van der Waals surface area contributed by atoms with Crippen molar-refractivity contribution in [3.8, 4) is 17.2 Å². The van der Waals surface area contributed by atoms with Gasteiger partial charge in [-0.05, 0) is 43.9 Å². The van der Waals surface area contributed by atoms with Crippen molar-refractivity contribution >= 4 is 35.6 Å². The number of hydrogen-bond acceptors (Lipinski definition) is 4. The lowest BCUT2D eigenvalue weighted by atomic mass is 10.2. The van der Waals surface area contributed by atoms with Crippen LogP contribution in [0.1, 0.15) is 25.3 Å². The number of guanidine groups is 1. The predicted molar refractivity (Wildman–Crippen MR) is 128 cm³/mol. The molecule has 0 spiro atoms. The molecule has 1 aliphatic carbocycles. The van der Waals surface area contributed by atoms with Crippen molar-refractivity contribution in [3.63, 3.8) is 0 Å². The first-order valence-corrected chi connectivity index (χ1v) is 9.72. The van der Waals surface area contributed by atoms with Crippen LogP contribution in [0.15, 0.2) is 47.5 Å². The first-order chi connectivity index (χ1) is 13.7. The lowest BCUT2D eigenvalue weighted by Crippen LogP contribution is -2.30. The number of rotatable bonds is 9. The molecule has 7 heteroatoms. The summed E-state index contributed by atoms with van der Waals surface area (Å²) in [7, 11) is 3.38. The summed E-state index contributed by atoms with van der Waals surface area (Å²) in [5.74, 6) is 3.73. The van der Waals surface area contributed by atoms with Crippen molar-refractivity contribution in [1.82, 2.24) is 5.32 Å². The zero-order valence-corrected chi connectivity index (χ0v) is 19.6. The third-order valence-electron chi connectivity index (χ3n) is 4.54. The Morgan fingerprint density at radius 1 is 1.07 bits per heavy atom. The standard InChI is InChI=1S/C22H29N3O3.HI/c1-4-27-21-13-18(11-12-20(21)26-3)25-22(23-2)24-14-17-7-5-6-8-19(17)28-15-16-9-10-16;/h5-8,11-13,16H,4,9-10,14-15H2,1-3H3,(H2,23,24,25);1H. The number of benzene rings is 2. The van der Waals surface area contributed by atoms with E-state index in [2.05, 4.69) is 21.7 Å². The third kappa shape index (κ3) is 6.99. The minimum absolute atomic E-state index is 0. The molecule has 2 aromatic carbocycles. The largest absolute Gasteiger partial charge is 0.493 e. The Hall–Kier alpha value is -2.16. The average Bonchev–Trinajstić information content (AvgIpc) is 3.55. The molecule has 0 aromatic heterocycles. The molecular weight excluding hydrogens is 481 g/mol. The van der Waals surface area contributed by atoms with E-state index in [-0.39, 0.29) is 24.0 Å². The van der Waals surface area contributed by atoms with Gasteiger partial charge in [-0.15, -0.1) is 24.0 Å². The summed E-state index contributed by atoms with van der Waals surface area (Å²) in [5.41, 5.74) is 1.98. The van der Waals surface area contributed by atoms with Crippen molar-refractivity contribution < 1.29 is 14.2 Å². The lowest BCUT2D eigenvalue weighted by Gasteiger charge is -2.16. The van der Waals surface area contributed by atoms with Gasteiger partial charge in [0, 0.05) is 30.9 Å². The number of nitrogens with one attached hydrogen (secondary N) is 2. The molecule has 1 aliphatic rings. The second-order valence-corrected chi connectivity index (χ2v) is 6.71. The van der Waals surface area contributed by atoms with Gasteiger partial charge in [-0.25, -0.2) is 0 Å². The summed E-state index contributed by atoms with van der Waals surface area (Å²) >= 11 is 0. The molecule has 29 heavy (non-hydrogen) atoms. The number of anilines is 1. The van der Waals surface area contributed by atoms with E-state index in [9.17, 15) is 0 Å². The number of hydrogen-bond donors (Lipinski definition) is 2. The fourth-order valence-corrected chi connectivity index (χ4v) is 2.80. The zero-order chi connectivity index (χ0) is 19.8. The predicted octanol–water partition coefficient (Wildman–Crippen LogP) is 4.69. The minimum Gasteiger partial charge on any atom is -0.493 e. The molecule has 0 radical (unpaired) electrons. The Morgan fingerprint density at radius 2 is 1.86 bits per heavy atom. The molecule has 0 amide bonds. The van der Waals surface area contributed by atoms with E-state index in [4.69, 9.17) is 14.2 Å². The molecule has 0 heterocycles. The molecule has 1 fully saturated rings. The number of nitrogens with zero attached hydrogens (tertiary/aromatic N) is 1. The van der Waals surface area contributed by atoms with Gasteiger partial charge in [-0.3, -0.25) is 4.99 Å². The van der Waals surface area contributed by atoms with Crippen LogP contribution in [0, 0.1) is 5.92 Å². The maximum absolute atomic E-state index is 5.98. The van der Waals surface area contributed by atoms with Crippen LogP contribution < -0.4 is 24.8 Å². The normalized spacial score (nSPS) is 13.3. The highest BCUT2D eigenvalue weighted by Crippen LogP contribution is 2.31. The number of methoxy groups -OCH3 is 1. The van der Waals surface area contributed by atoms with Crippen LogP contribution >= 0.6 is 24.0 Å². The van der Waals surface area contributed by atoms with Crippen LogP contribution in [0.4, 0.5) is 5.69 Å². The maximum Gasteiger partial charge on any atom is 0.195 e. The molecule has 0 unspecified atom stereocenters. The molecule has 2 aromatic rings. The molecule has 0 bridgehead atoms. The van der Waals surface area contributed by atoms with Crippen LogP contribution in [0.2, 0.25) is 0 Å². The van der Waals surface area contributed by atoms with Gasteiger partial charge in [-0.1, -0.05) is 18.2 Å². The highest BCUT2D eigenvalue weighted by Gasteiger charge is 2.22. The summed E-state index contributed by atoms with van der Waals surface area (Å²) < 4.78 is 17.0. The number of halogens is 1. The number of para-hydroxylation sites is 1. The van der Waals surface area contributed by atoms with E-state index in [1.54, 1.807) is 14.2 Å². The fourth-order valence-electron chi connectivity index (χ4n) is 2.80. The van der Waals surface area contributed by atoms with Gasteiger partial charge < -0.3 is 24.8 Å². The van der Waals surface area contributed by atoms with Gasteiger partial charge in [0.05, 0.1) is 20.3 Å². The van der Waals surface area contributed by atoms with Crippen molar-refractivity contribution in [1.29, 1.82) is 0 Å². The molecule has 3 rings (SSSR count). The summed E-state index contributed by atoms with van der Waals surface area (Å²) in [4.78, 5) is 4.31. The van der Waals surface area contributed by atoms with Crippen LogP contribution in [0.5, 0.6) is 17.2 Å². The molecule has 0 atom stereocenters. The van der Waals surface area contributed by atoms with Gasteiger partial charge in [0.15, 0.2) is 17.5 Å². The van der Waals surface area contributed by atoms with E-state index in [0.717, 1.165) is 29.5 Å². The topological polar surface area (TPSA) is 64.1 Å². The van der Waals surface area contributed by atoms with Crippen molar-refractivity contribution in [2.24, 2.45) is 10.9 Å². The second-order valence-electron chi connectivity index (χ2n) is 6.71. The Morgan fingerprint density at radius 3 is 2.55 bits per heavy atom. The molecule has 0 aliphatic heterocycles. The Bertz CT molecular complexity index is 810. The van der Waals surface area contributed by atoms with E-state index in [1.807, 2.05) is 43.3 Å². The number of ether oxygens (including phenoxy) is 3. The van der Waals surface area contributed by atoms with Crippen molar-refractivity contribution in [2.45, 2.75) is 26.3 Å². The van der Waals surface area contributed by atoms with Crippen molar-refractivity contribution in [2.75, 3.05) is 32.7 Å². The van der Waals surface area contributed by atoms with E-state index >= 15 is 0 Å². The van der Waals surface area contributed by atoms with Gasteiger partial charge in [-0.2, -0.15) is 0 Å².